The molecule has 0 aliphatic carbocycles. The summed E-state index contributed by atoms with van der Waals surface area (Å²) in [6, 6.07) is 11.1. The summed E-state index contributed by atoms with van der Waals surface area (Å²) in [4.78, 5) is 0. The lowest BCUT2D eigenvalue weighted by molar-refractivity contribution is 0.181. The van der Waals surface area contributed by atoms with Crippen LogP contribution in [0.2, 0.25) is 0 Å². The first-order chi connectivity index (χ1) is 13.2. The lowest BCUT2D eigenvalue weighted by Gasteiger charge is -2.10. The van der Waals surface area contributed by atoms with Crippen LogP contribution < -0.4 is 4.74 Å². The normalized spacial score (nSPS) is 12.2. The fourth-order valence-corrected chi connectivity index (χ4v) is 2.91. The van der Waals surface area contributed by atoms with Gasteiger partial charge in [-0.2, -0.15) is 0 Å². The predicted octanol–water partition coefficient (Wildman–Crippen LogP) is 4.89. The molecule has 0 aliphatic heterocycles. The van der Waals surface area contributed by atoms with E-state index < -0.39 is 6.10 Å². The quantitative estimate of drug-likeness (QED) is 0.414. The van der Waals surface area contributed by atoms with Crippen LogP contribution in [0.3, 0.4) is 0 Å². The molecule has 4 aromatic rings. The van der Waals surface area contributed by atoms with E-state index in [1.165, 1.54) is 23.9 Å². The van der Waals surface area contributed by atoms with Gasteiger partial charge in [0.2, 0.25) is 5.76 Å². The first-order valence-electron chi connectivity index (χ1n) is 8.05. The Morgan fingerprint density at radius 2 is 2.00 bits per heavy atom. The number of nitrogens with zero attached hydrogens (tertiary/aromatic N) is 3. The van der Waals surface area contributed by atoms with Gasteiger partial charge in [0.25, 0.3) is 11.1 Å². The summed E-state index contributed by atoms with van der Waals surface area (Å²) in [5.74, 6) is 2.20. The smallest absolute Gasteiger partial charge is 0.277 e. The first kappa shape index (κ1) is 17.3. The molecule has 0 N–H and O–H groups in total. The summed E-state index contributed by atoms with van der Waals surface area (Å²) in [5.41, 5.74) is 0.724. The van der Waals surface area contributed by atoms with E-state index in [-0.39, 0.29) is 5.82 Å². The van der Waals surface area contributed by atoms with Gasteiger partial charge in [-0.25, -0.2) is 4.39 Å². The van der Waals surface area contributed by atoms with Gasteiger partial charge >= 0.3 is 0 Å². The van der Waals surface area contributed by atoms with E-state index in [0.29, 0.717) is 34.1 Å². The Morgan fingerprint density at radius 3 is 2.78 bits per heavy atom. The van der Waals surface area contributed by atoms with Gasteiger partial charge in [-0.15, -0.1) is 10.2 Å². The van der Waals surface area contributed by atoms with Gasteiger partial charge in [-0.3, -0.25) is 0 Å². The Balaban J connectivity index is 1.34. The van der Waals surface area contributed by atoms with E-state index >= 15 is 0 Å². The van der Waals surface area contributed by atoms with Crippen molar-refractivity contribution in [2.45, 2.75) is 24.0 Å². The van der Waals surface area contributed by atoms with Crippen LogP contribution in [-0.2, 0) is 5.75 Å². The maximum atomic E-state index is 12.9. The molecule has 0 fully saturated rings. The summed E-state index contributed by atoms with van der Waals surface area (Å²) in [5, 5.41) is 12.4. The number of hydrogen-bond acceptors (Lipinski definition) is 8. The van der Waals surface area contributed by atoms with Crippen LogP contribution in [0, 0.1) is 5.82 Å². The van der Waals surface area contributed by atoms with Gasteiger partial charge in [-0.1, -0.05) is 16.9 Å². The minimum atomic E-state index is -0.463. The van der Waals surface area contributed by atoms with Crippen molar-refractivity contribution in [3.63, 3.8) is 0 Å². The lowest BCUT2D eigenvalue weighted by atomic mass is 10.3. The van der Waals surface area contributed by atoms with Crippen molar-refractivity contribution in [1.29, 1.82) is 0 Å². The van der Waals surface area contributed by atoms with E-state index in [1.54, 1.807) is 43.5 Å². The van der Waals surface area contributed by atoms with Crippen molar-refractivity contribution >= 4 is 11.8 Å². The van der Waals surface area contributed by atoms with Gasteiger partial charge in [-0.05, 0) is 43.3 Å². The van der Waals surface area contributed by atoms with Gasteiger partial charge in [0.15, 0.2) is 11.9 Å². The second-order valence-corrected chi connectivity index (χ2v) is 6.50. The molecule has 9 heteroatoms. The van der Waals surface area contributed by atoms with Crippen LogP contribution in [-0.4, -0.2) is 15.4 Å². The van der Waals surface area contributed by atoms with Crippen LogP contribution >= 0.6 is 11.8 Å². The van der Waals surface area contributed by atoms with Crippen molar-refractivity contribution in [2.75, 3.05) is 0 Å². The zero-order valence-electron chi connectivity index (χ0n) is 14.2. The maximum Gasteiger partial charge on any atom is 0.277 e. The molecule has 3 heterocycles. The highest BCUT2D eigenvalue weighted by Crippen LogP contribution is 2.27. The summed E-state index contributed by atoms with van der Waals surface area (Å²) >= 11 is 1.33. The number of aromatic nitrogens is 3. The van der Waals surface area contributed by atoms with Crippen molar-refractivity contribution in [1.82, 2.24) is 15.4 Å². The summed E-state index contributed by atoms with van der Waals surface area (Å²) in [7, 11) is 0. The van der Waals surface area contributed by atoms with Crippen LogP contribution in [0.1, 0.15) is 24.6 Å². The van der Waals surface area contributed by atoms with Crippen LogP contribution in [0.5, 0.6) is 5.75 Å². The molecule has 7 nitrogen and oxygen atoms in total. The Morgan fingerprint density at radius 1 is 1.15 bits per heavy atom. The second kappa shape index (κ2) is 7.67. The first-order valence-corrected chi connectivity index (χ1v) is 9.04. The van der Waals surface area contributed by atoms with Crippen LogP contribution in [0.15, 0.2) is 67.3 Å². The molecule has 1 atom stereocenters. The van der Waals surface area contributed by atoms with Crippen molar-refractivity contribution in [2.24, 2.45) is 0 Å². The predicted molar refractivity (Wildman–Crippen MR) is 93.5 cm³/mol. The third-order valence-corrected chi connectivity index (χ3v) is 4.41. The zero-order valence-corrected chi connectivity index (χ0v) is 15.0. The molecule has 0 saturated heterocycles. The van der Waals surface area contributed by atoms with Crippen LogP contribution in [0.4, 0.5) is 4.39 Å². The summed E-state index contributed by atoms with van der Waals surface area (Å²) in [6.45, 7) is 1.78. The highest BCUT2D eigenvalue weighted by molar-refractivity contribution is 7.98. The molecular formula is C18H14FN3O4S. The fourth-order valence-electron chi connectivity index (χ4n) is 2.26. The number of ether oxygens (including phenoxy) is 1. The molecule has 0 amide bonds. The number of thioether (sulfide) groups is 1. The Labute approximate surface area is 157 Å². The number of benzene rings is 1. The highest BCUT2D eigenvalue weighted by atomic mass is 32.2. The molecule has 138 valence electrons. The average Bonchev–Trinajstić information content (AvgIpc) is 3.42. The molecule has 4 rings (SSSR count). The van der Waals surface area contributed by atoms with Gasteiger partial charge in [0, 0.05) is 11.8 Å². The van der Waals surface area contributed by atoms with E-state index in [1.807, 2.05) is 0 Å². The molecule has 0 bridgehead atoms. The monoisotopic (exact) mass is 387 g/mol. The second-order valence-electron chi connectivity index (χ2n) is 5.57. The minimum Gasteiger partial charge on any atom is -0.481 e. The molecule has 0 unspecified atom stereocenters. The Bertz CT molecular complexity index is 998. The molecule has 1 aromatic carbocycles. The van der Waals surface area contributed by atoms with Gasteiger partial charge in [0.1, 0.15) is 11.6 Å². The summed E-state index contributed by atoms with van der Waals surface area (Å²) < 4.78 is 34.7. The molecular weight excluding hydrogens is 373 g/mol. The third kappa shape index (κ3) is 4.20. The fraction of sp³-hybridized carbons (Fsp3) is 0.167. The number of furan rings is 1. The van der Waals surface area contributed by atoms with Gasteiger partial charge < -0.3 is 18.1 Å². The highest BCUT2D eigenvalue weighted by Gasteiger charge is 2.17. The molecule has 0 radical (unpaired) electrons. The van der Waals surface area contributed by atoms with Crippen molar-refractivity contribution in [3.05, 3.63) is 66.1 Å². The molecule has 3 aromatic heterocycles. The molecule has 0 spiro atoms. The third-order valence-electron chi connectivity index (χ3n) is 3.56. The van der Waals surface area contributed by atoms with E-state index in [2.05, 4.69) is 15.4 Å². The van der Waals surface area contributed by atoms with E-state index in [0.717, 1.165) is 5.69 Å². The number of hydrogen-bond donors (Lipinski definition) is 0. The Kier molecular flexibility index (Phi) is 4.93. The topological polar surface area (TPSA) is 87.3 Å². The molecule has 27 heavy (non-hydrogen) atoms. The lowest BCUT2D eigenvalue weighted by Crippen LogP contribution is -2.03. The maximum absolute atomic E-state index is 12.9. The number of rotatable bonds is 7. The standard InChI is InChI=1S/C18H14FN3O4S/c1-11(24-14-6-4-12(19)5-7-14)17-20-21-18(25-17)27-10-13-9-16(26-22-13)15-3-2-8-23-15/h2-9,11H,10H2,1H3/t11-/m0/s1. The molecule has 0 saturated carbocycles. The largest absolute Gasteiger partial charge is 0.481 e. The SMILES string of the molecule is C[C@H](Oc1ccc(F)cc1)c1nnc(SCc2cc(-c3ccco3)on2)o1. The number of halogens is 1. The Hall–Kier alpha value is -3.07. The average molecular weight is 387 g/mol. The zero-order chi connectivity index (χ0) is 18.6. The summed E-state index contributed by atoms with van der Waals surface area (Å²) in [6.07, 6.45) is 1.11. The van der Waals surface area contributed by atoms with Crippen LogP contribution in [0.25, 0.3) is 11.5 Å². The molecule has 0 aliphatic rings. The minimum absolute atomic E-state index is 0.324. The van der Waals surface area contributed by atoms with E-state index in [4.69, 9.17) is 18.1 Å². The van der Waals surface area contributed by atoms with Crippen molar-refractivity contribution in [3.8, 4) is 17.3 Å². The van der Waals surface area contributed by atoms with E-state index in [9.17, 15) is 4.39 Å². The van der Waals surface area contributed by atoms with Gasteiger partial charge in [0.05, 0.1) is 12.0 Å². The van der Waals surface area contributed by atoms with Crippen molar-refractivity contribution < 1.29 is 22.5 Å².